The first-order valence-electron chi connectivity index (χ1n) is 7.76. The van der Waals surface area contributed by atoms with Crippen LogP contribution >= 0.6 is 0 Å². The number of hydrogen-bond acceptors (Lipinski definition) is 3. The molecule has 1 heterocycles. The lowest BCUT2D eigenvalue weighted by Crippen LogP contribution is -2.37. The number of hydrogen-bond donors (Lipinski definition) is 2. The van der Waals surface area contributed by atoms with Gasteiger partial charge in [-0.05, 0) is 44.4 Å². The maximum atomic E-state index is 12.0. The van der Waals surface area contributed by atoms with Crippen molar-refractivity contribution >= 4 is 23.0 Å². The van der Waals surface area contributed by atoms with Crippen LogP contribution in [0.15, 0.2) is 18.2 Å². The van der Waals surface area contributed by atoms with Crippen molar-refractivity contribution in [3.8, 4) is 0 Å². The van der Waals surface area contributed by atoms with Crippen LogP contribution in [0.3, 0.4) is 0 Å². The van der Waals surface area contributed by atoms with Gasteiger partial charge in [0.1, 0.15) is 0 Å². The van der Waals surface area contributed by atoms with E-state index in [2.05, 4.69) is 17.1 Å². The van der Waals surface area contributed by atoms with Gasteiger partial charge < -0.3 is 16.0 Å². The Balaban J connectivity index is 2.16. The Morgan fingerprint density at radius 3 is 2.62 bits per heavy atom. The Morgan fingerprint density at radius 1 is 1.33 bits per heavy atom. The molecule has 0 radical (unpaired) electrons. The molecule has 21 heavy (non-hydrogen) atoms. The van der Waals surface area contributed by atoms with Gasteiger partial charge in [-0.2, -0.15) is 0 Å². The van der Waals surface area contributed by atoms with Crippen LogP contribution in [0.25, 0.3) is 0 Å². The number of anilines is 3. The van der Waals surface area contributed by atoms with E-state index in [1.807, 2.05) is 39.0 Å². The number of nitrogens with two attached hydrogens (primary N) is 1. The van der Waals surface area contributed by atoms with Crippen molar-refractivity contribution in [2.75, 3.05) is 22.5 Å². The fraction of sp³-hybridized carbons (Fsp3) is 0.588. The number of nitrogens with zero attached hydrogens (tertiary/aromatic N) is 1. The molecule has 1 saturated heterocycles. The fourth-order valence-electron chi connectivity index (χ4n) is 2.67. The lowest BCUT2D eigenvalue weighted by atomic mass is 9.95. The summed E-state index contributed by atoms with van der Waals surface area (Å²) >= 11 is 0. The smallest absolute Gasteiger partial charge is 0.229 e. The van der Waals surface area contributed by atoms with Gasteiger partial charge >= 0.3 is 0 Å². The zero-order valence-electron chi connectivity index (χ0n) is 13.6. The predicted octanol–water partition coefficient (Wildman–Crippen LogP) is 3.63. The van der Waals surface area contributed by atoms with Crippen molar-refractivity contribution in [2.24, 2.45) is 5.41 Å². The number of piperidine rings is 1. The molecular weight excluding hydrogens is 262 g/mol. The predicted molar refractivity (Wildman–Crippen MR) is 89.6 cm³/mol. The topological polar surface area (TPSA) is 58.4 Å². The molecule has 3 N–H and O–H groups in total. The minimum absolute atomic E-state index is 0.000917. The second-order valence-corrected chi connectivity index (χ2v) is 7.02. The van der Waals surface area contributed by atoms with Crippen molar-refractivity contribution in [2.45, 2.75) is 53.0 Å². The van der Waals surface area contributed by atoms with Crippen LogP contribution in [0.4, 0.5) is 17.1 Å². The van der Waals surface area contributed by atoms with Crippen LogP contribution in [-0.2, 0) is 4.79 Å². The standard InChI is InChI=1S/C17H27N3O/c1-12-7-5-6-10-20(12)15-9-8-13(11-14(15)18)19-16(21)17(2,3)4/h8-9,11-12H,5-7,10,18H2,1-4H3,(H,19,21)/t12-/m0/s1. The highest BCUT2D eigenvalue weighted by molar-refractivity contribution is 5.95. The zero-order valence-corrected chi connectivity index (χ0v) is 13.6. The van der Waals surface area contributed by atoms with E-state index in [1.54, 1.807) is 0 Å². The third-order valence-electron chi connectivity index (χ3n) is 4.08. The average molecular weight is 289 g/mol. The van der Waals surface area contributed by atoms with E-state index in [0.29, 0.717) is 6.04 Å². The number of carbonyl (C=O) groups is 1. The second-order valence-electron chi connectivity index (χ2n) is 7.02. The molecule has 1 atom stereocenters. The minimum Gasteiger partial charge on any atom is -0.397 e. The summed E-state index contributed by atoms with van der Waals surface area (Å²) in [5.41, 5.74) is 8.37. The van der Waals surface area contributed by atoms with Crippen LogP contribution < -0.4 is 16.0 Å². The summed E-state index contributed by atoms with van der Waals surface area (Å²) in [4.78, 5) is 14.4. The Kier molecular flexibility index (Phi) is 4.45. The summed E-state index contributed by atoms with van der Waals surface area (Å²) in [6, 6.07) is 6.35. The summed E-state index contributed by atoms with van der Waals surface area (Å²) in [6.07, 6.45) is 3.71. The molecule has 4 heteroatoms. The molecule has 0 saturated carbocycles. The van der Waals surface area contributed by atoms with Gasteiger partial charge in [-0.15, -0.1) is 0 Å². The Hall–Kier alpha value is -1.71. The van der Waals surface area contributed by atoms with Crippen LogP contribution in [0.5, 0.6) is 0 Å². The third-order valence-corrected chi connectivity index (χ3v) is 4.08. The average Bonchev–Trinajstić information content (AvgIpc) is 2.39. The first-order valence-corrected chi connectivity index (χ1v) is 7.76. The molecule has 0 spiro atoms. The molecule has 1 fully saturated rings. The van der Waals surface area contributed by atoms with Crippen LogP contribution in [0, 0.1) is 5.41 Å². The van der Waals surface area contributed by atoms with Gasteiger partial charge in [-0.3, -0.25) is 4.79 Å². The Labute approximate surface area is 127 Å². The zero-order chi connectivity index (χ0) is 15.6. The van der Waals surface area contributed by atoms with Gasteiger partial charge in [-0.25, -0.2) is 0 Å². The summed E-state index contributed by atoms with van der Waals surface area (Å²) < 4.78 is 0. The SMILES string of the molecule is C[C@H]1CCCCN1c1ccc(NC(=O)C(C)(C)C)cc1N. The lowest BCUT2D eigenvalue weighted by molar-refractivity contribution is -0.123. The molecule has 0 bridgehead atoms. The minimum atomic E-state index is -0.408. The Morgan fingerprint density at radius 2 is 2.05 bits per heavy atom. The molecule has 1 aliphatic heterocycles. The van der Waals surface area contributed by atoms with Gasteiger partial charge in [0.2, 0.25) is 5.91 Å². The number of benzene rings is 1. The fourth-order valence-corrected chi connectivity index (χ4v) is 2.67. The lowest BCUT2D eigenvalue weighted by Gasteiger charge is -2.36. The molecule has 1 aromatic carbocycles. The monoisotopic (exact) mass is 289 g/mol. The highest BCUT2D eigenvalue weighted by Gasteiger charge is 2.23. The summed E-state index contributed by atoms with van der Waals surface area (Å²) in [5.74, 6) is 0.000917. The van der Waals surface area contributed by atoms with Gasteiger partial charge in [0.05, 0.1) is 11.4 Å². The van der Waals surface area contributed by atoms with Gasteiger partial charge in [0, 0.05) is 23.7 Å². The van der Waals surface area contributed by atoms with Crippen molar-refractivity contribution < 1.29 is 4.79 Å². The summed E-state index contributed by atoms with van der Waals surface area (Å²) in [5, 5.41) is 2.93. The molecule has 1 aliphatic rings. The number of amides is 1. The van der Waals surface area contributed by atoms with E-state index >= 15 is 0 Å². The third kappa shape index (κ3) is 3.69. The van der Waals surface area contributed by atoms with Crippen LogP contribution in [0.1, 0.15) is 47.0 Å². The van der Waals surface area contributed by atoms with Crippen LogP contribution in [-0.4, -0.2) is 18.5 Å². The van der Waals surface area contributed by atoms with E-state index in [1.165, 1.54) is 19.3 Å². The van der Waals surface area contributed by atoms with Crippen molar-refractivity contribution in [3.05, 3.63) is 18.2 Å². The van der Waals surface area contributed by atoms with E-state index in [-0.39, 0.29) is 5.91 Å². The van der Waals surface area contributed by atoms with E-state index < -0.39 is 5.41 Å². The maximum absolute atomic E-state index is 12.0. The van der Waals surface area contributed by atoms with E-state index in [4.69, 9.17) is 5.73 Å². The molecule has 4 nitrogen and oxygen atoms in total. The summed E-state index contributed by atoms with van der Waals surface area (Å²) in [7, 11) is 0. The molecule has 0 aromatic heterocycles. The van der Waals surface area contributed by atoms with Crippen molar-refractivity contribution in [3.63, 3.8) is 0 Å². The quantitative estimate of drug-likeness (QED) is 0.817. The van der Waals surface area contributed by atoms with Crippen molar-refractivity contribution in [1.29, 1.82) is 0 Å². The first kappa shape index (κ1) is 15.7. The first-order chi connectivity index (χ1) is 9.79. The normalized spacial score (nSPS) is 19.4. The largest absolute Gasteiger partial charge is 0.397 e. The highest BCUT2D eigenvalue weighted by atomic mass is 16.2. The highest BCUT2D eigenvalue weighted by Crippen LogP contribution is 2.32. The van der Waals surface area contributed by atoms with Crippen LogP contribution in [0.2, 0.25) is 0 Å². The number of rotatable bonds is 2. The van der Waals surface area contributed by atoms with E-state index in [0.717, 1.165) is 23.6 Å². The van der Waals surface area contributed by atoms with Gasteiger partial charge in [0.25, 0.3) is 0 Å². The van der Waals surface area contributed by atoms with E-state index in [9.17, 15) is 4.79 Å². The molecular formula is C17H27N3O. The van der Waals surface area contributed by atoms with Gasteiger partial charge in [-0.1, -0.05) is 20.8 Å². The van der Waals surface area contributed by atoms with Gasteiger partial charge in [0.15, 0.2) is 0 Å². The molecule has 0 aliphatic carbocycles. The van der Waals surface area contributed by atoms with Crippen molar-refractivity contribution in [1.82, 2.24) is 0 Å². The number of nitrogens with one attached hydrogen (secondary N) is 1. The number of carbonyl (C=O) groups excluding carboxylic acids is 1. The molecule has 1 amide bonds. The molecule has 2 rings (SSSR count). The second kappa shape index (κ2) is 5.96. The number of nitrogen functional groups attached to an aromatic ring is 1. The molecule has 0 unspecified atom stereocenters. The summed E-state index contributed by atoms with van der Waals surface area (Å²) in [6.45, 7) is 8.99. The maximum Gasteiger partial charge on any atom is 0.229 e. The molecule has 116 valence electrons. The Bertz CT molecular complexity index is 519. The molecule has 1 aromatic rings.